The summed E-state index contributed by atoms with van der Waals surface area (Å²) in [5.74, 6) is -1.01. The van der Waals surface area contributed by atoms with Gasteiger partial charge in [0.25, 0.3) is 0 Å². The molecular formula is C22H18ClNO6. The monoisotopic (exact) mass is 427 g/mol. The zero-order chi connectivity index (χ0) is 21.7. The number of amides is 1. The molecule has 1 N–H and O–H groups in total. The van der Waals surface area contributed by atoms with Gasteiger partial charge in [-0.2, -0.15) is 0 Å². The van der Waals surface area contributed by atoms with E-state index >= 15 is 0 Å². The zero-order valence-corrected chi connectivity index (χ0v) is 16.8. The molecule has 3 aromatic rings. The van der Waals surface area contributed by atoms with E-state index < -0.39 is 11.6 Å². The Kier molecular flexibility index (Phi) is 6.64. The first kappa shape index (κ1) is 21.3. The molecule has 1 amide bonds. The molecule has 0 unspecified atom stereocenters. The molecule has 0 aliphatic heterocycles. The van der Waals surface area contributed by atoms with Crippen LogP contribution < -0.4 is 10.9 Å². The molecule has 0 aliphatic carbocycles. The van der Waals surface area contributed by atoms with E-state index in [-0.39, 0.29) is 36.7 Å². The third-order valence-electron chi connectivity index (χ3n) is 4.26. The van der Waals surface area contributed by atoms with Crippen LogP contribution in [0.4, 0.5) is 5.69 Å². The molecular weight excluding hydrogens is 410 g/mol. The second-order valence-corrected chi connectivity index (χ2v) is 7.01. The Morgan fingerprint density at radius 3 is 2.47 bits per heavy atom. The molecule has 8 heteroatoms. The number of halogens is 1. The fourth-order valence-corrected chi connectivity index (χ4v) is 2.98. The van der Waals surface area contributed by atoms with E-state index in [9.17, 15) is 19.2 Å². The van der Waals surface area contributed by atoms with Gasteiger partial charge >= 0.3 is 11.6 Å². The summed E-state index contributed by atoms with van der Waals surface area (Å²) in [5.41, 5.74) is 1.07. The first-order valence-electron chi connectivity index (χ1n) is 9.10. The number of esters is 1. The van der Waals surface area contributed by atoms with Crippen molar-refractivity contribution in [2.24, 2.45) is 0 Å². The second-order valence-electron chi connectivity index (χ2n) is 6.57. The molecule has 3 rings (SSSR count). The number of hydrogen-bond donors (Lipinski definition) is 1. The van der Waals surface area contributed by atoms with E-state index in [0.717, 1.165) is 0 Å². The molecule has 0 aliphatic rings. The number of anilines is 1. The van der Waals surface area contributed by atoms with Crippen molar-refractivity contribution in [2.45, 2.75) is 26.4 Å². The third-order valence-corrected chi connectivity index (χ3v) is 4.51. The van der Waals surface area contributed by atoms with Crippen LogP contribution in [0, 0.1) is 0 Å². The predicted octanol–water partition coefficient (Wildman–Crippen LogP) is 4.11. The second kappa shape index (κ2) is 9.37. The van der Waals surface area contributed by atoms with Gasteiger partial charge in [-0.05, 0) is 36.4 Å². The van der Waals surface area contributed by atoms with Gasteiger partial charge in [-0.3, -0.25) is 14.4 Å². The maximum absolute atomic E-state index is 12.1. The van der Waals surface area contributed by atoms with Crippen molar-refractivity contribution in [3.8, 4) is 0 Å². The van der Waals surface area contributed by atoms with Crippen LogP contribution in [0.3, 0.4) is 0 Å². The van der Waals surface area contributed by atoms with Crippen LogP contribution in [0.15, 0.2) is 57.7 Å². The highest BCUT2D eigenvalue weighted by atomic mass is 35.5. The smallest absolute Gasteiger partial charge is 0.336 e. The maximum atomic E-state index is 12.1. The van der Waals surface area contributed by atoms with Crippen molar-refractivity contribution in [1.29, 1.82) is 0 Å². The molecule has 0 atom stereocenters. The van der Waals surface area contributed by atoms with Crippen LogP contribution in [0.1, 0.15) is 35.7 Å². The van der Waals surface area contributed by atoms with Crippen molar-refractivity contribution < 1.29 is 23.5 Å². The first-order chi connectivity index (χ1) is 14.3. The number of benzene rings is 2. The van der Waals surface area contributed by atoms with Crippen molar-refractivity contribution >= 4 is 45.9 Å². The fourth-order valence-electron chi connectivity index (χ4n) is 2.86. The Labute approximate surface area is 176 Å². The van der Waals surface area contributed by atoms with E-state index in [4.69, 9.17) is 20.8 Å². The number of carbonyl (C=O) groups excluding carboxylic acids is 3. The summed E-state index contributed by atoms with van der Waals surface area (Å²) in [5, 5.41) is 3.70. The number of rotatable bonds is 7. The molecule has 7 nitrogen and oxygen atoms in total. The summed E-state index contributed by atoms with van der Waals surface area (Å²) in [6, 6.07) is 12.5. The van der Waals surface area contributed by atoms with Crippen molar-refractivity contribution in [2.75, 3.05) is 5.32 Å². The van der Waals surface area contributed by atoms with E-state index in [1.54, 1.807) is 36.4 Å². The molecule has 0 bridgehead atoms. The Bertz CT molecular complexity index is 1170. The SMILES string of the molecule is CC(=O)Nc1ccc2c(COC(=O)CCC(=O)c3ccc(Cl)cc3)cc(=O)oc2c1. The summed E-state index contributed by atoms with van der Waals surface area (Å²) in [6.45, 7) is 1.23. The Balaban J connectivity index is 1.63. The number of hydrogen-bond acceptors (Lipinski definition) is 6. The van der Waals surface area contributed by atoms with Crippen molar-refractivity contribution in [3.05, 3.63) is 75.1 Å². The number of nitrogens with one attached hydrogen (secondary N) is 1. The molecule has 2 aromatic carbocycles. The van der Waals surface area contributed by atoms with Gasteiger partial charge in [0.15, 0.2) is 5.78 Å². The average molecular weight is 428 g/mol. The van der Waals surface area contributed by atoms with Gasteiger partial charge in [0.1, 0.15) is 12.2 Å². The normalized spacial score (nSPS) is 10.6. The molecule has 0 saturated carbocycles. The fraction of sp³-hybridized carbons (Fsp3) is 0.182. The molecule has 154 valence electrons. The lowest BCUT2D eigenvalue weighted by molar-refractivity contribution is -0.144. The van der Waals surface area contributed by atoms with Crippen molar-refractivity contribution in [1.82, 2.24) is 0 Å². The Morgan fingerprint density at radius 1 is 1.03 bits per heavy atom. The topological polar surface area (TPSA) is 103 Å². The zero-order valence-electron chi connectivity index (χ0n) is 16.1. The predicted molar refractivity (Wildman–Crippen MR) is 112 cm³/mol. The van der Waals surface area contributed by atoms with Crippen molar-refractivity contribution in [3.63, 3.8) is 0 Å². The summed E-state index contributed by atoms with van der Waals surface area (Å²) < 4.78 is 10.4. The van der Waals surface area contributed by atoms with E-state index in [1.807, 2.05) is 0 Å². The highest BCUT2D eigenvalue weighted by Gasteiger charge is 2.13. The highest BCUT2D eigenvalue weighted by Crippen LogP contribution is 2.22. The maximum Gasteiger partial charge on any atom is 0.336 e. The quantitative estimate of drug-likeness (QED) is 0.346. The average Bonchev–Trinajstić information content (AvgIpc) is 2.70. The third kappa shape index (κ3) is 5.55. The van der Waals surface area contributed by atoms with Gasteiger partial charge in [0.2, 0.25) is 5.91 Å². The summed E-state index contributed by atoms with van der Waals surface area (Å²) in [6.07, 6.45) is -0.0915. The molecule has 1 aromatic heterocycles. The minimum atomic E-state index is -0.605. The van der Waals surface area contributed by atoms with Crippen LogP contribution in [0.25, 0.3) is 11.0 Å². The lowest BCUT2D eigenvalue weighted by atomic mass is 10.1. The van der Waals surface area contributed by atoms with Crippen LogP contribution in [-0.4, -0.2) is 17.7 Å². The molecule has 30 heavy (non-hydrogen) atoms. The largest absolute Gasteiger partial charge is 0.461 e. The minimum absolute atomic E-state index is 0.00177. The Morgan fingerprint density at radius 2 is 1.77 bits per heavy atom. The van der Waals surface area contributed by atoms with Crippen LogP contribution >= 0.6 is 11.6 Å². The van der Waals surface area contributed by atoms with Crippen LogP contribution in [0.5, 0.6) is 0 Å². The van der Waals surface area contributed by atoms with Gasteiger partial charge in [-0.25, -0.2) is 4.79 Å². The highest BCUT2D eigenvalue weighted by molar-refractivity contribution is 6.30. The standard InChI is InChI=1S/C22H18ClNO6/c1-13(25)24-17-6-7-18-15(10-22(28)30-20(18)11-17)12-29-21(27)9-8-19(26)14-2-4-16(23)5-3-14/h2-7,10-11H,8-9,12H2,1H3,(H,24,25). The van der Waals surface area contributed by atoms with Gasteiger partial charge in [0, 0.05) is 52.7 Å². The Hall–Kier alpha value is -3.45. The van der Waals surface area contributed by atoms with Gasteiger partial charge in [-0.15, -0.1) is 0 Å². The van der Waals surface area contributed by atoms with Gasteiger partial charge < -0.3 is 14.5 Å². The van der Waals surface area contributed by atoms with E-state index in [0.29, 0.717) is 27.2 Å². The number of Topliss-reactive ketones (excluding diaryl/α,β-unsaturated/α-hetero) is 1. The van der Waals surface area contributed by atoms with E-state index in [2.05, 4.69) is 5.32 Å². The number of fused-ring (bicyclic) bond motifs is 1. The molecule has 0 radical (unpaired) electrons. The number of ether oxygens (including phenoxy) is 1. The minimum Gasteiger partial charge on any atom is -0.461 e. The lowest BCUT2D eigenvalue weighted by Crippen LogP contribution is -2.10. The summed E-state index contributed by atoms with van der Waals surface area (Å²) in [4.78, 5) is 47.2. The number of ketones is 1. The van der Waals surface area contributed by atoms with Gasteiger partial charge in [-0.1, -0.05) is 11.6 Å². The van der Waals surface area contributed by atoms with Crippen LogP contribution in [-0.2, 0) is 20.9 Å². The molecule has 0 saturated heterocycles. The molecule has 1 heterocycles. The van der Waals surface area contributed by atoms with Gasteiger partial charge in [0.05, 0.1) is 6.42 Å². The first-order valence-corrected chi connectivity index (χ1v) is 9.48. The summed E-state index contributed by atoms with van der Waals surface area (Å²) in [7, 11) is 0. The lowest BCUT2D eigenvalue weighted by Gasteiger charge is -2.09. The van der Waals surface area contributed by atoms with E-state index in [1.165, 1.54) is 19.1 Å². The number of carbonyl (C=O) groups is 3. The van der Waals surface area contributed by atoms with Crippen LogP contribution in [0.2, 0.25) is 5.02 Å². The molecule has 0 fully saturated rings. The summed E-state index contributed by atoms with van der Waals surface area (Å²) >= 11 is 5.79. The molecule has 0 spiro atoms.